The fraction of sp³-hybridized carbons (Fsp3) is 0.100. The Morgan fingerprint density at radius 2 is 0.840 bits per heavy atom. The second-order valence-electron chi connectivity index (χ2n) is 5.36. The first-order chi connectivity index (χ1) is 12.1. The van der Waals surface area contributed by atoms with Crippen LogP contribution in [0.5, 0.6) is 0 Å². The summed E-state index contributed by atoms with van der Waals surface area (Å²) >= 11 is 0. The summed E-state index contributed by atoms with van der Waals surface area (Å²) in [4.78, 5) is 25.4. The predicted octanol–water partition coefficient (Wildman–Crippen LogP) is 1.29. The minimum absolute atomic E-state index is 1.14. The lowest BCUT2D eigenvalue weighted by Gasteiger charge is -2.39. The van der Waals surface area contributed by atoms with Gasteiger partial charge in [-0.1, -0.05) is 54.6 Å². The van der Waals surface area contributed by atoms with Crippen molar-refractivity contribution in [1.82, 2.24) is 0 Å². The third kappa shape index (κ3) is 4.95. The third-order valence-electron chi connectivity index (χ3n) is 4.07. The van der Waals surface area contributed by atoms with Gasteiger partial charge in [0.25, 0.3) is 0 Å². The lowest BCUT2D eigenvalue weighted by atomic mass is 10.4. The fourth-order valence-electron chi connectivity index (χ4n) is 3.04. The molecule has 0 radical (unpaired) electrons. The van der Waals surface area contributed by atoms with Crippen LogP contribution in [0.25, 0.3) is 0 Å². The Morgan fingerprint density at radius 1 is 0.600 bits per heavy atom. The Hall–Kier alpha value is -1.60. The highest BCUT2D eigenvalue weighted by Crippen LogP contribution is 2.54. The van der Waals surface area contributed by atoms with E-state index in [1.54, 1.807) is 0 Å². The monoisotopic (exact) mass is 370 g/mol. The minimum atomic E-state index is -3.37. The highest BCUT2D eigenvalue weighted by molar-refractivity contribution is 7.95. The van der Waals surface area contributed by atoms with Gasteiger partial charge in [-0.05, 0) is 43.3 Å². The summed E-state index contributed by atoms with van der Waals surface area (Å²) in [6.07, 6.45) is 1.14. The summed E-state index contributed by atoms with van der Waals surface area (Å²) in [5.74, 6) is 0. The average Bonchev–Trinajstić information content (AvgIpc) is 2.65. The summed E-state index contributed by atoms with van der Waals surface area (Å²) < 4.78 is 0. The van der Waals surface area contributed by atoms with Crippen molar-refractivity contribution >= 4 is 31.8 Å². The standard InChI is InChI=1S/C20H20P.O3P/c1-2-21(18-12-6-3-7-13-18,19-14-8-4-9-15-19)20-16-10-5-11-17-20;1-4(2)3/h3-17H,2H2,1H3;/q+1;-3. The first kappa shape index (κ1) is 19.7. The van der Waals surface area contributed by atoms with Crippen LogP contribution >= 0.6 is 15.9 Å². The molecule has 130 valence electrons. The SMILES string of the molecule is CC[P+](c1ccccc1)(c1ccccc1)c1ccccc1.[O-]P([O-])[O-]. The van der Waals surface area contributed by atoms with Crippen molar-refractivity contribution < 1.29 is 14.7 Å². The average molecular weight is 370 g/mol. The molecule has 0 heterocycles. The summed E-state index contributed by atoms with van der Waals surface area (Å²) in [6.45, 7) is 2.32. The van der Waals surface area contributed by atoms with Gasteiger partial charge in [0.15, 0.2) is 0 Å². The molecule has 0 atom stereocenters. The molecule has 3 aromatic carbocycles. The second-order valence-corrected chi connectivity index (χ2v) is 9.60. The zero-order valence-electron chi connectivity index (χ0n) is 14.0. The number of hydrogen-bond donors (Lipinski definition) is 0. The smallest absolute Gasteiger partial charge is 0.111 e. The molecule has 0 aromatic heterocycles. The van der Waals surface area contributed by atoms with E-state index in [9.17, 15) is 0 Å². The molecule has 0 aliphatic rings. The molecule has 0 N–H and O–H groups in total. The Balaban J connectivity index is 0.000000511. The van der Waals surface area contributed by atoms with Crippen molar-refractivity contribution in [3.63, 3.8) is 0 Å². The molecule has 0 aliphatic carbocycles. The summed E-state index contributed by atoms with van der Waals surface area (Å²) in [6, 6.07) is 33.0. The molecule has 0 amide bonds. The van der Waals surface area contributed by atoms with Crippen LogP contribution in [0.15, 0.2) is 91.0 Å². The van der Waals surface area contributed by atoms with Gasteiger partial charge in [-0.25, -0.2) is 0 Å². The first-order valence-corrected chi connectivity index (χ1v) is 11.0. The van der Waals surface area contributed by atoms with Gasteiger partial charge in [-0.2, -0.15) is 0 Å². The van der Waals surface area contributed by atoms with Gasteiger partial charge < -0.3 is 23.3 Å². The van der Waals surface area contributed by atoms with Gasteiger partial charge >= 0.3 is 0 Å². The molecule has 0 aliphatic heterocycles. The molecule has 3 nitrogen and oxygen atoms in total. The van der Waals surface area contributed by atoms with E-state index in [0.29, 0.717) is 0 Å². The van der Waals surface area contributed by atoms with E-state index < -0.39 is 15.9 Å². The molecule has 0 saturated carbocycles. The molecule has 5 heteroatoms. The zero-order chi connectivity index (χ0) is 18.1. The maximum Gasteiger partial charge on any atom is 0.111 e. The molecule has 0 unspecified atom stereocenters. The quantitative estimate of drug-likeness (QED) is 0.650. The minimum Gasteiger partial charge on any atom is -0.854 e. The van der Waals surface area contributed by atoms with Gasteiger partial charge in [-0.15, -0.1) is 0 Å². The Bertz CT molecular complexity index is 635. The van der Waals surface area contributed by atoms with Gasteiger partial charge in [-0.3, -0.25) is 0 Å². The molecule has 25 heavy (non-hydrogen) atoms. The van der Waals surface area contributed by atoms with E-state index in [1.807, 2.05) is 0 Å². The summed E-state index contributed by atoms with van der Waals surface area (Å²) in [5, 5.41) is 4.39. The van der Waals surface area contributed by atoms with Crippen molar-refractivity contribution in [1.29, 1.82) is 0 Å². The molecule has 0 saturated heterocycles. The van der Waals surface area contributed by atoms with Gasteiger partial charge in [0.2, 0.25) is 0 Å². The molecule has 3 aromatic rings. The van der Waals surface area contributed by atoms with E-state index >= 15 is 0 Å². The van der Waals surface area contributed by atoms with Crippen LogP contribution in [0.4, 0.5) is 0 Å². The maximum absolute atomic E-state index is 8.48. The molecular weight excluding hydrogens is 350 g/mol. The van der Waals surface area contributed by atoms with Crippen LogP contribution in [0.1, 0.15) is 6.92 Å². The lowest BCUT2D eigenvalue weighted by molar-refractivity contribution is -0.407. The highest BCUT2D eigenvalue weighted by Gasteiger charge is 2.43. The largest absolute Gasteiger partial charge is 0.854 e. The van der Waals surface area contributed by atoms with Crippen LogP contribution in [0.2, 0.25) is 0 Å². The van der Waals surface area contributed by atoms with Crippen molar-refractivity contribution in [3.05, 3.63) is 91.0 Å². The van der Waals surface area contributed by atoms with Crippen LogP contribution in [-0.2, 0) is 0 Å². The Kier molecular flexibility index (Phi) is 7.71. The van der Waals surface area contributed by atoms with Crippen molar-refractivity contribution in [2.45, 2.75) is 6.92 Å². The molecule has 0 spiro atoms. The lowest BCUT2D eigenvalue weighted by Crippen LogP contribution is -2.32. The molecule has 3 rings (SSSR count). The fourth-order valence-corrected chi connectivity index (χ4v) is 7.08. The molecular formula is C20H20O3P2-2. The van der Waals surface area contributed by atoms with Crippen LogP contribution in [-0.4, -0.2) is 6.16 Å². The number of benzene rings is 3. The number of hydrogen-bond acceptors (Lipinski definition) is 3. The third-order valence-corrected chi connectivity index (χ3v) is 8.55. The van der Waals surface area contributed by atoms with E-state index in [4.69, 9.17) is 14.7 Å². The summed E-state index contributed by atoms with van der Waals surface area (Å²) in [5.41, 5.74) is 0. The zero-order valence-corrected chi connectivity index (χ0v) is 15.8. The van der Waals surface area contributed by atoms with Crippen LogP contribution in [0, 0.1) is 0 Å². The van der Waals surface area contributed by atoms with E-state index in [1.165, 1.54) is 15.9 Å². The highest BCUT2D eigenvalue weighted by atomic mass is 31.2. The van der Waals surface area contributed by atoms with Gasteiger partial charge in [0.05, 0.1) is 6.16 Å². The van der Waals surface area contributed by atoms with Gasteiger partial charge in [0, 0.05) is 0 Å². The van der Waals surface area contributed by atoms with E-state index in [2.05, 4.69) is 97.9 Å². The van der Waals surface area contributed by atoms with Gasteiger partial charge in [0.1, 0.15) is 23.2 Å². The Morgan fingerprint density at radius 3 is 1.04 bits per heavy atom. The first-order valence-electron chi connectivity index (χ1n) is 7.97. The van der Waals surface area contributed by atoms with E-state index in [-0.39, 0.29) is 0 Å². The number of rotatable bonds is 4. The van der Waals surface area contributed by atoms with Crippen LogP contribution in [0.3, 0.4) is 0 Å². The molecule has 0 bridgehead atoms. The van der Waals surface area contributed by atoms with Crippen molar-refractivity contribution in [2.24, 2.45) is 0 Å². The maximum atomic E-state index is 8.48. The van der Waals surface area contributed by atoms with Crippen molar-refractivity contribution in [3.8, 4) is 0 Å². The van der Waals surface area contributed by atoms with E-state index in [0.717, 1.165) is 6.16 Å². The second kappa shape index (κ2) is 9.77. The summed E-state index contributed by atoms with van der Waals surface area (Å²) in [7, 11) is -4.90. The van der Waals surface area contributed by atoms with Crippen molar-refractivity contribution in [2.75, 3.05) is 6.16 Å². The van der Waals surface area contributed by atoms with Crippen LogP contribution < -0.4 is 30.6 Å². The normalized spacial score (nSPS) is 10.9. The Labute approximate surface area is 151 Å². The predicted molar refractivity (Wildman–Crippen MR) is 103 cm³/mol. The molecule has 0 fully saturated rings. The topological polar surface area (TPSA) is 69.2 Å².